The zero-order valence-electron chi connectivity index (χ0n) is 10.2. The van der Waals surface area contributed by atoms with Crippen LogP contribution < -0.4 is 5.32 Å². The number of rotatable bonds is 6. The van der Waals surface area contributed by atoms with Crippen molar-refractivity contribution in [3.63, 3.8) is 0 Å². The van der Waals surface area contributed by atoms with Gasteiger partial charge in [-0.3, -0.25) is 0 Å². The van der Waals surface area contributed by atoms with Crippen molar-refractivity contribution < 1.29 is 8.42 Å². The number of benzene rings is 1. The fraction of sp³-hybridized carbons (Fsp3) is 0.417. The summed E-state index contributed by atoms with van der Waals surface area (Å²) in [7, 11) is -2.84. The van der Waals surface area contributed by atoms with Gasteiger partial charge in [0, 0.05) is 12.8 Å². The van der Waals surface area contributed by atoms with E-state index >= 15 is 0 Å². The predicted octanol–water partition coefficient (Wildman–Crippen LogP) is 1.82. The van der Waals surface area contributed by atoms with Crippen LogP contribution in [0.2, 0.25) is 0 Å². The van der Waals surface area contributed by atoms with E-state index in [4.69, 9.17) is 0 Å². The summed E-state index contributed by atoms with van der Waals surface area (Å²) in [4.78, 5) is 4.50. The van der Waals surface area contributed by atoms with E-state index in [1.165, 1.54) is 11.0 Å². The van der Waals surface area contributed by atoms with Crippen molar-refractivity contribution in [2.24, 2.45) is 0 Å². The molecule has 0 fully saturated rings. The second-order valence-corrected chi connectivity index (χ2v) is 7.61. The van der Waals surface area contributed by atoms with E-state index in [0.717, 1.165) is 10.5 Å². The Hall–Kier alpha value is -0.980. The molecule has 18 heavy (non-hydrogen) atoms. The largest absolute Gasteiger partial charge is 0.310 e. The zero-order chi connectivity index (χ0) is 13.0. The molecular weight excluding hydrogens is 268 g/mol. The first-order valence-electron chi connectivity index (χ1n) is 5.77. The molecule has 1 heterocycles. The van der Waals surface area contributed by atoms with Crippen molar-refractivity contribution in [3.05, 3.63) is 29.3 Å². The van der Waals surface area contributed by atoms with E-state index < -0.39 is 9.84 Å². The Kier molecular flexibility index (Phi) is 4.31. The highest BCUT2D eigenvalue weighted by molar-refractivity contribution is 7.90. The average Bonchev–Trinajstić information content (AvgIpc) is 2.69. The van der Waals surface area contributed by atoms with Crippen molar-refractivity contribution >= 4 is 31.4 Å². The standard InChI is InChI=1S/C12H16N2O2S2/c1-18(15,16)8-4-7-13-9-12-14-10-5-2-3-6-11(10)17-12/h2-3,5-6,13H,4,7-9H2,1H3. The van der Waals surface area contributed by atoms with E-state index in [0.29, 0.717) is 19.5 Å². The summed E-state index contributed by atoms with van der Waals surface area (Å²) in [6.45, 7) is 1.39. The summed E-state index contributed by atoms with van der Waals surface area (Å²) in [6.07, 6.45) is 1.91. The van der Waals surface area contributed by atoms with E-state index in [-0.39, 0.29) is 5.75 Å². The summed E-state index contributed by atoms with van der Waals surface area (Å²) in [5.74, 6) is 0.236. The Morgan fingerprint density at radius 1 is 1.33 bits per heavy atom. The van der Waals surface area contributed by atoms with E-state index in [9.17, 15) is 8.42 Å². The molecule has 0 atom stereocenters. The van der Waals surface area contributed by atoms with Gasteiger partial charge >= 0.3 is 0 Å². The number of nitrogens with zero attached hydrogens (tertiary/aromatic N) is 1. The first-order valence-corrected chi connectivity index (χ1v) is 8.65. The predicted molar refractivity (Wildman–Crippen MR) is 75.7 cm³/mol. The molecule has 0 saturated heterocycles. The van der Waals surface area contributed by atoms with Gasteiger partial charge in [0.05, 0.1) is 16.0 Å². The van der Waals surface area contributed by atoms with Gasteiger partial charge in [-0.1, -0.05) is 12.1 Å². The number of fused-ring (bicyclic) bond motifs is 1. The summed E-state index contributed by atoms with van der Waals surface area (Å²) in [6, 6.07) is 8.04. The molecule has 4 nitrogen and oxygen atoms in total. The van der Waals surface area contributed by atoms with Crippen molar-refractivity contribution in [3.8, 4) is 0 Å². The quantitative estimate of drug-likeness (QED) is 0.822. The van der Waals surface area contributed by atoms with Crippen molar-refractivity contribution in [2.45, 2.75) is 13.0 Å². The maximum Gasteiger partial charge on any atom is 0.147 e. The Bertz CT molecular complexity index is 587. The fourth-order valence-corrected chi connectivity index (χ4v) is 3.26. The molecule has 0 aliphatic heterocycles. The van der Waals surface area contributed by atoms with Crippen LogP contribution in [-0.2, 0) is 16.4 Å². The van der Waals surface area contributed by atoms with Gasteiger partial charge in [-0.25, -0.2) is 13.4 Å². The van der Waals surface area contributed by atoms with Crippen LogP contribution in [0.4, 0.5) is 0 Å². The first kappa shape index (κ1) is 13.5. The van der Waals surface area contributed by atoms with Crippen LogP contribution in [0.3, 0.4) is 0 Å². The van der Waals surface area contributed by atoms with Gasteiger partial charge in [-0.05, 0) is 25.1 Å². The van der Waals surface area contributed by atoms with E-state index in [2.05, 4.69) is 16.4 Å². The Morgan fingerprint density at radius 2 is 2.11 bits per heavy atom. The van der Waals surface area contributed by atoms with E-state index in [1.807, 2.05) is 18.2 Å². The van der Waals surface area contributed by atoms with Gasteiger partial charge < -0.3 is 5.32 Å². The number of sulfone groups is 1. The number of nitrogens with one attached hydrogen (secondary N) is 1. The molecule has 1 N–H and O–H groups in total. The normalized spacial score (nSPS) is 12.1. The summed E-state index contributed by atoms with van der Waals surface area (Å²) >= 11 is 1.67. The van der Waals surface area contributed by atoms with Crippen LogP contribution in [0.25, 0.3) is 10.2 Å². The van der Waals surface area contributed by atoms with Crippen LogP contribution in [0.15, 0.2) is 24.3 Å². The van der Waals surface area contributed by atoms with Crippen LogP contribution in [-0.4, -0.2) is 32.0 Å². The number of hydrogen-bond acceptors (Lipinski definition) is 5. The summed E-state index contributed by atoms with van der Waals surface area (Å²) in [5, 5.41) is 4.26. The number of para-hydroxylation sites is 1. The Balaban J connectivity index is 1.80. The van der Waals surface area contributed by atoms with Gasteiger partial charge in [0.15, 0.2) is 0 Å². The van der Waals surface area contributed by atoms with E-state index in [1.54, 1.807) is 11.3 Å². The van der Waals surface area contributed by atoms with Crippen LogP contribution in [0, 0.1) is 0 Å². The second-order valence-electron chi connectivity index (χ2n) is 4.24. The molecule has 0 aliphatic carbocycles. The zero-order valence-corrected chi connectivity index (χ0v) is 11.9. The second kappa shape index (κ2) is 5.77. The molecule has 0 amide bonds. The van der Waals surface area contributed by atoms with Gasteiger partial charge in [-0.15, -0.1) is 11.3 Å². The van der Waals surface area contributed by atoms with Crippen molar-refractivity contribution in [2.75, 3.05) is 18.6 Å². The van der Waals surface area contributed by atoms with Gasteiger partial charge in [0.25, 0.3) is 0 Å². The number of aromatic nitrogens is 1. The molecule has 0 radical (unpaired) electrons. The molecule has 0 spiro atoms. The molecule has 0 unspecified atom stereocenters. The lowest BCUT2D eigenvalue weighted by molar-refractivity contribution is 0.594. The minimum Gasteiger partial charge on any atom is -0.310 e. The van der Waals surface area contributed by atoms with Gasteiger partial charge in [-0.2, -0.15) is 0 Å². The third-order valence-corrected chi connectivity index (χ3v) is 4.55. The Morgan fingerprint density at radius 3 is 2.83 bits per heavy atom. The highest BCUT2D eigenvalue weighted by atomic mass is 32.2. The SMILES string of the molecule is CS(=O)(=O)CCCNCc1nc2ccccc2s1. The highest BCUT2D eigenvalue weighted by Crippen LogP contribution is 2.21. The van der Waals surface area contributed by atoms with Crippen molar-refractivity contribution in [1.82, 2.24) is 10.3 Å². The maximum atomic E-state index is 10.9. The minimum atomic E-state index is -2.84. The third-order valence-electron chi connectivity index (χ3n) is 2.48. The highest BCUT2D eigenvalue weighted by Gasteiger charge is 2.03. The lowest BCUT2D eigenvalue weighted by Gasteiger charge is -2.01. The van der Waals surface area contributed by atoms with Crippen LogP contribution in [0.5, 0.6) is 0 Å². The molecule has 98 valence electrons. The van der Waals surface area contributed by atoms with Crippen LogP contribution in [0.1, 0.15) is 11.4 Å². The number of hydrogen-bond donors (Lipinski definition) is 1. The molecule has 2 aromatic rings. The average molecular weight is 284 g/mol. The first-order chi connectivity index (χ1) is 8.54. The van der Waals surface area contributed by atoms with Crippen LogP contribution >= 0.6 is 11.3 Å². The molecule has 2 rings (SSSR count). The lowest BCUT2D eigenvalue weighted by Crippen LogP contribution is -2.17. The summed E-state index contributed by atoms with van der Waals surface area (Å²) in [5.41, 5.74) is 1.02. The topological polar surface area (TPSA) is 59.1 Å². The summed E-state index contributed by atoms with van der Waals surface area (Å²) < 4.78 is 23.1. The monoisotopic (exact) mass is 284 g/mol. The lowest BCUT2D eigenvalue weighted by atomic mass is 10.3. The smallest absolute Gasteiger partial charge is 0.147 e. The molecule has 1 aromatic heterocycles. The third kappa shape index (κ3) is 4.04. The molecule has 1 aromatic carbocycles. The molecule has 0 bridgehead atoms. The molecule has 6 heteroatoms. The number of thiazole rings is 1. The van der Waals surface area contributed by atoms with Gasteiger partial charge in [0.2, 0.25) is 0 Å². The Labute approximate surface area is 111 Å². The fourth-order valence-electron chi connectivity index (χ4n) is 1.65. The van der Waals surface area contributed by atoms with Gasteiger partial charge in [0.1, 0.15) is 14.8 Å². The molecular formula is C12H16N2O2S2. The maximum absolute atomic E-state index is 10.9. The molecule has 0 aliphatic rings. The minimum absolute atomic E-state index is 0.236. The van der Waals surface area contributed by atoms with Crippen molar-refractivity contribution in [1.29, 1.82) is 0 Å². The molecule has 0 saturated carbocycles.